The molecule has 0 aliphatic carbocycles. The molecule has 1 aromatic heterocycles. The molecule has 1 aliphatic rings. The van der Waals surface area contributed by atoms with E-state index in [0.29, 0.717) is 10.6 Å². The number of aromatic nitrogens is 2. The molecule has 0 spiro atoms. The number of aryl methyl sites for hydroxylation is 3. The Bertz CT molecular complexity index is 1140. The van der Waals surface area contributed by atoms with Crippen LogP contribution in [0.2, 0.25) is 0 Å². The van der Waals surface area contributed by atoms with Gasteiger partial charge in [-0.2, -0.15) is 0 Å². The second kappa shape index (κ2) is 8.67. The highest BCUT2D eigenvalue weighted by Gasteiger charge is 2.20. The zero-order valence-corrected chi connectivity index (χ0v) is 19.0. The van der Waals surface area contributed by atoms with E-state index in [-0.39, 0.29) is 0 Å². The number of hydrogen-bond donors (Lipinski definition) is 1. The van der Waals surface area contributed by atoms with E-state index in [1.165, 1.54) is 19.3 Å². The van der Waals surface area contributed by atoms with Crippen molar-refractivity contribution in [3.05, 3.63) is 65.2 Å². The van der Waals surface area contributed by atoms with Crippen molar-refractivity contribution in [1.82, 2.24) is 10.2 Å². The average molecular weight is 437 g/mol. The fourth-order valence-corrected chi connectivity index (χ4v) is 5.79. The van der Waals surface area contributed by atoms with Gasteiger partial charge in [0.2, 0.25) is 0 Å². The molecule has 1 N–H and O–H groups in total. The largest absolute Gasteiger partial charge is 0.355 e. The molecule has 1 aliphatic heterocycles. The first-order valence-electron chi connectivity index (χ1n) is 10.6. The highest BCUT2D eigenvalue weighted by molar-refractivity contribution is 7.92. The van der Waals surface area contributed by atoms with Crippen LogP contribution in [0.25, 0.3) is 11.3 Å². The minimum Gasteiger partial charge on any atom is -0.355 e. The molecular formula is C24H28N4O2S. The molecule has 0 radical (unpaired) electrons. The molecule has 31 heavy (non-hydrogen) atoms. The number of piperidine rings is 1. The average Bonchev–Trinajstić information content (AvgIpc) is 2.74. The number of nitrogens with one attached hydrogen (secondary N) is 1. The summed E-state index contributed by atoms with van der Waals surface area (Å²) in [5.74, 6) is 0.914. The van der Waals surface area contributed by atoms with Crippen LogP contribution in [0.15, 0.2) is 53.4 Å². The van der Waals surface area contributed by atoms with Gasteiger partial charge in [-0.3, -0.25) is 4.72 Å². The van der Waals surface area contributed by atoms with Gasteiger partial charge in [0.1, 0.15) is 0 Å². The quantitative estimate of drug-likeness (QED) is 0.618. The maximum Gasteiger partial charge on any atom is 0.262 e. The number of sulfonamides is 1. The lowest BCUT2D eigenvalue weighted by molar-refractivity contribution is 0.571. The normalized spacial score (nSPS) is 14.5. The second-order valence-corrected chi connectivity index (χ2v) is 9.85. The Kier molecular flexibility index (Phi) is 5.96. The van der Waals surface area contributed by atoms with Crippen LogP contribution in [-0.4, -0.2) is 31.7 Å². The number of anilines is 2. The molecule has 2 heterocycles. The zero-order chi connectivity index (χ0) is 22.0. The molecule has 0 atom stereocenters. The van der Waals surface area contributed by atoms with Crippen molar-refractivity contribution in [3.8, 4) is 11.3 Å². The van der Waals surface area contributed by atoms with E-state index in [9.17, 15) is 8.42 Å². The van der Waals surface area contributed by atoms with Crippen LogP contribution in [0, 0.1) is 20.8 Å². The van der Waals surface area contributed by atoms with E-state index in [1.807, 2.05) is 57.2 Å². The van der Waals surface area contributed by atoms with Crippen molar-refractivity contribution in [2.45, 2.75) is 44.9 Å². The molecule has 3 aromatic rings. The lowest BCUT2D eigenvalue weighted by atomic mass is 10.1. The number of nitrogens with zero attached hydrogens (tertiary/aromatic N) is 3. The van der Waals surface area contributed by atoms with Gasteiger partial charge in [0.25, 0.3) is 10.0 Å². The molecule has 1 fully saturated rings. The first-order chi connectivity index (χ1) is 14.8. The van der Waals surface area contributed by atoms with Crippen molar-refractivity contribution in [2.75, 3.05) is 22.7 Å². The summed E-state index contributed by atoms with van der Waals surface area (Å²) in [7, 11) is -3.67. The van der Waals surface area contributed by atoms with Crippen LogP contribution in [0.4, 0.5) is 11.5 Å². The Balaban J connectivity index is 1.51. The molecule has 0 amide bonds. The smallest absolute Gasteiger partial charge is 0.262 e. The minimum atomic E-state index is -3.67. The van der Waals surface area contributed by atoms with Crippen LogP contribution in [0.3, 0.4) is 0 Å². The van der Waals surface area contributed by atoms with Gasteiger partial charge in [-0.25, -0.2) is 8.42 Å². The Labute approximate surface area is 184 Å². The Morgan fingerprint density at radius 1 is 0.839 bits per heavy atom. The van der Waals surface area contributed by atoms with Crippen LogP contribution in [0.1, 0.15) is 36.0 Å². The molecule has 6 nitrogen and oxygen atoms in total. The third kappa shape index (κ3) is 4.71. The van der Waals surface area contributed by atoms with E-state index >= 15 is 0 Å². The molecule has 4 rings (SSSR count). The topological polar surface area (TPSA) is 75.2 Å². The van der Waals surface area contributed by atoms with Crippen molar-refractivity contribution < 1.29 is 8.42 Å². The van der Waals surface area contributed by atoms with Gasteiger partial charge in [0.05, 0.1) is 10.6 Å². The van der Waals surface area contributed by atoms with Gasteiger partial charge in [0.15, 0.2) is 5.82 Å². The summed E-state index contributed by atoms with van der Waals surface area (Å²) in [4.78, 5) is 2.61. The number of rotatable bonds is 5. The number of hydrogen-bond acceptors (Lipinski definition) is 5. The van der Waals surface area contributed by atoms with Crippen molar-refractivity contribution in [2.24, 2.45) is 0 Å². The standard InChI is InChI=1S/C24H28N4O2S/c1-17-15-18(2)24(19(3)16-17)31(29,30)27-21-9-7-20(8-10-21)22-11-12-23(26-25-22)28-13-5-4-6-14-28/h7-12,15-16,27H,4-6,13-14H2,1-3H3. The highest BCUT2D eigenvalue weighted by atomic mass is 32.2. The van der Waals surface area contributed by atoms with Gasteiger partial charge in [-0.05, 0) is 75.4 Å². The SMILES string of the molecule is Cc1cc(C)c(S(=O)(=O)Nc2ccc(-c3ccc(N4CCCCC4)nn3)cc2)c(C)c1. The first kappa shape index (κ1) is 21.3. The van der Waals surface area contributed by atoms with Gasteiger partial charge in [-0.15, -0.1) is 10.2 Å². The summed E-state index contributed by atoms with van der Waals surface area (Å²) in [6.07, 6.45) is 3.67. The lowest BCUT2D eigenvalue weighted by Gasteiger charge is -2.27. The maximum atomic E-state index is 13.0. The van der Waals surface area contributed by atoms with E-state index in [4.69, 9.17) is 0 Å². The Morgan fingerprint density at radius 3 is 2.06 bits per heavy atom. The molecule has 2 aromatic carbocycles. The molecule has 0 saturated carbocycles. The molecule has 0 bridgehead atoms. The van der Waals surface area contributed by atoms with E-state index < -0.39 is 10.0 Å². The van der Waals surface area contributed by atoms with Crippen LogP contribution < -0.4 is 9.62 Å². The minimum absolute atomic E-state index is 0.335. The molecule has 0 unspecified atom stereocenters. The summed E-state index contributed by atoms with van der Waals surface area (Å²) in [6, 6.07) is 15.0. The lowest BCUT2D eigenvalue weighted by Crippen LogP contribution is -2.30. The molecule has 1 saturated heterocycles. The summed E-state index contributed by atoms with van der Waals surface area (Å²) >= 11 is 0. The highest BCUT2D eigenvalue weighted by Crippen LogP contribution is 2.26. The van der Waals surface area contributed by atoms with Crippen molar-refractivity contribution >= 4 is 21.5 Å². The monoisotopic (exact) mass is 436 g/mol. The number of benzene rings is 2. The summed E-state index contributed by atoms with van der Waals surface area (Å²) in [6.45, 7) is 7.67. The van der Waals surface area contributed by atoms with Crippen molar-refractivity contribution in [3.63, 3.8) is 0 Å². The summed E-state index contributed by atoms with van der Waals surface area (Å²) < 4.78 is 28.6. The van der Waals surface area contributed by atoms with Gasteiger partial charge < -0.3 is 4.90 Å². The fourth-order valence-electron chi connectivity index (χ4n) is 4.28. The van der Waals surface area contributed by atoms with Crippen LogP contribution in [0.5, 0.6) is 0 Å². The van der Waals surface area contributed by atoms with Gasteiger partial charge in [0, 0.05) is 24.3 Å². The zero-order valence-electron chi connectivity index (χ0n) is 18.2. The van der Waals surface area contributed by atoms with Crippen LogP contribution in [-0.2, 0) is 10.0 Å². The third-order valence-electron chi connectivity index (χ3n) is 5.64. The summed E-state index contributed by atoms with van der Waals surface area (Å²) in [5, 5.41) is 8.77. The first-order valence-corrected chi connectivity index (χ1v) is 12.1. The molecule has 162 valence electrons. The van der Waals surface area contributed by atoms with E-state index in [1.54, 1.807) is 12.1 Å². The van der Waals surface area contributed by atoms with Crippen LogP contribution >= 0.6 is 0 Å². The summed E-state index contributed by atoms with van der Waals surface area (Å²) in [5.41, 5.74) is 4.70. The maximum absolute atomic E-state index is 13.0. The molecular weight excluding hydrogens is 408 g/mol. The Hall–Kier alpha value is -2.93. The predicted octanol–water partition coefficient (Wildman–Crippen LogP) is 4.86. The third-order valence-corrected chi connectivity index (χ3v) is 7.32. The van der Waals surface area contributed by atoms with E-state index in [0.717, 1.165) is 46.9 Å². The fraction of sp³-hybridized carbons (Fsp3) is 0.333. The van der Waals surface area contributed by atoms with E-state index in [2.05, 4.69) is 19.8 Å². The Morgan fingerprint density at radius 2 is 1.48 bits per heavy atom. The molecule has 7 heteroatoms. The van der Waals surface area contributed by atoms with Crippen molar-refractivity contribution in [1.29, 1.82) is 0 Å². The van der Waals surface area contributed by atoms with Gasteiger partial charge in [-0.1, -0.05) is 29.8 Å². The second-order valence-electron chi connectivity index (χ2n) is 8.24. The van der Waals surface area contributed by atoms with Gasteiger partial charge >= 0.3 is 0 Å². The predicted molar refractivity (Wildman–Crippen MR) is 125 cm³/mol.